The highest BCUT2D eigenvalue weighted by atomic mass is 79.9. The SMILES string of the molecule is CC(Oc1cccc2ccccc12)C(=O)Nc1ccc(Br)cc1. The van der Waals surface area contributed by atoms with Crippen molar-refractivity contribution in [3.63, 3.8) is 0 Å². The van der Waals surface area contributed by atoms with Crippen LogP contribution >= 0.6 is 15.9 Å². The maximum absolute atomic E-state index is 12.3. The van der Waals surface area contributed by atoms with Crippen molar-refractivity contribution in [2.75, 3.05) is 5.32 Å². The van der Waals surface area contributed by atoms with Crippen LogP contribution in [0, 0.1) is 0 Å². The lowest BCUT2D eigenvalue weighted by Gasteiger charge is -2.16. The van der Waals surface area contributed by atoms with Crippen LogP contribution in [0.4, 0.5) is 5.69 Å². The second-order valence-corrected chi connectivity index (χ2v) is 6.15. The number of hydrogen-bond acceptors (Lipinski definition) is 2. The van der Waals surface area contributed by atoms with Gasteiger partial charge in [0.05, 0.1) is 0 Å². The summed E-state index contributed by atoms with van der Waals surface area (Å²) in [6.07, 6.45) is -0.593. The zero-order valence-corrected chi connectivity index (χ0v) is 14.2. The van der Waals surface area contributed by atoms with E-state index in [2.05, 4.69) is 21.2 Å². The Hall–Kier alpha value is -2.33. The van der Waals surface area contributed by atoms with Crippen molar-refractivity contribution in [3.05, 3.63) is 71.2 Å². The number of amides is 1. The molecular formula is C19H16BrNO2. The molecule has 23 heavy (non-hydrogen) atoms. The number of hydrogen-bond donors (Lipinski definition) is 1. The average Bonchev–Trinajstić information content (AvgIpc) is 2.57. The van der Waals surface area contributed by atoms with Crippen LogP contribution in [0.2, 0.25) is 0 Å². The lowest BCUT2D eigenvalue weighted by atomic mass is 10.1. The normalized spacial score (nSPS) is 11.9. The average molecular weight is 370 g/mol. The molecule has 0 fully saturated rings. The molecule has 4 heteroatoms. The van der Waals surface area contributed by atoms with Gasteiger partial charge in [0.1, 0.15) is 5.75 Å². The van der Waals surface area contributed by atoms with Gasteiger partial charge in [-0.1, -0.05) is 52.3 Å². The third-order valence-electron chi connectivity index (χ3n) is 3.53. The summed E-state index contributed by atoms with van der Waals surface area (Å²) in [5.74, 6) is 0.529. The molecule has 1 N–H and O–H groups in total. The molecule has 0 aliphatic carbocycles. The summed E-state index contributed by atoms with van der Waals surface area (Å²) >= 11 is 3.37. The molecule has 0 spiro atoms. The fourth-order valence-corrected chi connectivity index (χ4v) is 2.58. The van der Waals surface area contributed by atoms with E-state index in [0.29, 0.717) is 5.75 Å². The third-order valence-corrected chi connectivity index (χ3v) is 4.06. The predicted molar refractivity (Wildman–Crippen MR) is 96.8 cm³/mol. The zero-order chi connectivity index (χ0) is 16.2. The second-order valence-electron chi connectivity index (χ2n) is 5.23. The van der Waals surface area contributed by atoms with Crippen LogP contribution in [-0.4, -0.2) is 12.0 Å². The minimum absolute atomic E-state index is 0.180. The fraction of sp³-hybridized carbons (Fsp3) is 0.105. The monoisotopic (exact) mass is 369 g/mol. The van der Waals surface area contributed by atoms with Crippen molar-refractivity contribution in [1.82, 2.24) is 0 Å². The van der Waals surface area contributed by atoms with E-state index in [1.54, 1.807) is 6.92 Å². The van der Waals surface area contributed by atoms with Crippen LogP contribution in [0.5, 0.6) is 5.75 Å². The van der Waals surface area contributed by atoms with Gasteiger partial charge in [0.15, 0.2) is 6.10 Å². The van der Waals surface area contributed by atoms with Gasteiger partial charge >= 0.3 is 0 Å². The molecular weight excluding hydrogens is 354 g/mol. The van der Waals surface area contributed by atoms with Gasteiger partial charge in [-0.3, -0.25) is 4.79 Å². The maximum Gasteiger partial charge on any atom is 0.265 e. The molecule has 3 aromatic carbocycles. The molecule has 3 rings (SSSR count). The Morgan fingerprint density at radius 2 is 1.70 bits per heavy atom. The van der Waals surface area contributed by atoms with Gasteiger partial charge in [0.2, 0.25) is 0 Å². The number of halogens is 1. The first-order valence-electron chi connectivity index (χ1n) is 7.34. The van der Waals surface area contributed by atoms with Gasteiger partial charge in [0.25, 0.3) is 5.91 Å². The van der Waals surface area contributed by atoms with Crippen molar-refractivity contribution in [2.24, 2.45) is 0 Å². The quantitative estimate of drug-likeness (QED) is 0.701. The van der Waals surface area contributed by atoms with E-state index in [1.807, 2.05) is 66.7 Å². The van der Waals surface area contributed by atoms with Crippen molar-refractivity contribution < 1.29 is 9.53 Å². The van der Waals surface area contributed by atoms with E-state index in [1.165, 1.54) is 0 Å². The summed E-state index contributed by atoms with van der Waals surface area (Å²) in [6.45, 7) is 1.75. The molecule has 0 radical (unpaired) electrons. The molecule has 1 atom stereocenters. The first-order valence-corrected chi connectivity index (χ1v) is 8.13. The van der Waals surface area contributed by atoms with E-state index in [4.69, 9.17) is 4.74 Å². The van der Waals surface area contributed by atoms with Gasteiger partial charge in [-0.05, 0) is 42.6 Å². The van der Waals surface area contributed by atoms with Crippen molar-refractivity contribution in [1.29, 1.82) is 0 Å². The van der Waals surface area contributed by atoms with Crippen LogP contribution in [0.25, 0.3) is 10.8 Å². The Morgan fingerprint density at radius 3 is 2.48 bits per heavy atom. The van der Waals surface area contributed by atoms with E-state index < -0.39 is 6.10 Å². The number of rotatable bonds is 4. The number of ether oxygens (including phenoxy) is 1. The van der Waals surface area contributed by atoms with Crippen LogP contribution in [-0.2, 0) is 4.79 Å². The molecule has 0 saturated heterocycles. The first kappa shape index (κ1) is 15.6. The van der Waals surface area contributed by atoms with E-state index in [9.17, 15) is 4.79 Å². The number of carbonyl (C=O) groups is 1. The smallest absolute Gasteiger partial charge is 0.265 e. The molecule has 0 saturated carbocycles. The summed E-state index contributed by atoms with van der Waals surface area (Å²) in [5.41, 5.74) is 0.742. The summed E-state index contributed by atoms with van der Waals surface area (Å²) in [4.78, 5) is 12.3. The number of nitrogens with one attached hydrogen (secondary N) is 1. The van der Waals surface area contributed by atoms with Gasteiger partial charge in [0, 0.05) is 15.5 Å². The first-order chi connectivity index (χ1) is 11.1. The van der Waals surface area contributed by atoms with Crippen LogP contribution in [0.1, 0.15) is 6.92 Å². The molecule has 0 bridgehead atoms. The highest BCUT2D eigenvalue weighted by Crippen LogP contribution is 2.26. The van der Waals surface area contributed by atoms with Crippen LogP contribution in [0.3, 0.4) is 0 Å². The molecule has 3 nitrogen and oxygen atoms in total. The van der Waals surface area contributed by atoms with Crippen LogP contribution < -0.4 is 10.1 Å². The predicted octanol–water partition coefficient (Wildman–Crippen LogP) is 5.01. The highest BCUT2D eigenvalue weighted by Gasteiger charge is 2.16. The highest BCUT2D eigenvalue weighted by molar-refractivity contribution is 9.10. The Morgan fingerprint density at radius 1 is 1.00 bits per heavy atom. The summed E-state index contributed by atoms with van der Waals surface area (Å²) in [5, 5.41) is 4.94. The van der Waals surface area contributed by atoms with Crippen LogP contribution in [0.15, 0.2) is 71.2 Å². The molecule has 1 unspecified atom stereocenters. The van der Waals surface area contributed by atoms with Gasteiger partial charge in [-0.15, -0.1) is 0 Å². The van der Waals surface area contributed by atoms with Gasteiger partial charge < -0.3 is 10.1 Å². The third kappa shape index (κ3) is 3.71. The Bertz CT molecular complexity index is 825. The molecule has 0 aliphatic rings. The van der Waals surface area contributed by atoms with Gasteiger partial charge in [-0.25, -0.2) is 0 Å². The Balaban J connectivity index is 1.73. The Kier molecular flexibility index (Phi) is 4.63. The van der Waals surface area contributed by atoms with Crippen molar-refractivity contribution in [2.45, 2.75) is 13.0 Å². The maximum atomic E-state index is 12.3. The van der Waals surface area contributed by atoms with Crippen molar-refractivity contribution >= 4 is 38.3 Å². The lowest BCUT2D eigenvalue weighted by molar-refractivity contribution is -0.122. The van der Waals surface area contributed by atoms with Crippen molar-refractivity contribution in [3.8, 4) is 5.75 Å². The van der Waals surface area contributed by atoms with E-state index >= 15 is 0 Å². The number of anilines is 1. The number of fused-ring (bicyclic) bond motifs is 1. The lowest BCUT2D eigenvalue weighted by Crippen LogP contribution is -2.30. The largest absolute Gasteiger partial charge is 0.480 e. The summed E-state index contributed by atoms with van der Waals surface area (Å²) < 4.78 is 6.83. The number of benzene rings is 3. The van der Waals surface area contributed by atoms with E-state index in [0.717, 1.165) is 20.9 Å². The second kappa shape index (κ2) is 6.84. The molecule has 3 aromatic rings. The molecule has 0 aliphatic heterocycles. The molecule has 0 aromatic heterocycles. The van der Waals surface area contributed by atoms with E-state index in [-0.39, 0.29) is 5.91 Å². The fourth-order valence-electron chi connectivity index (χ4n) is 2.32. The summed E-state index contributed by atoms with van der Waals surface area (Å²) in [7, 11) is 0. The van der Waals surface area contributed by atoms with Gasteiger partial charge in [-0.2, -0.15) is 0 Å². The molecule has 0 heterocycles. The Labute approximate surface area is 143 Å². The molecule has 116 valence electrons. The summed E-state index contributed by atoms with van der Waals surface area (Å²) in [6, 6.07) is 21.2. The standard InChI is InChI=1S/C19H16BrNO2/c1-13(19(22)21-16-11-9-15(20)10-12-16)23-18-8-4-6-14-5-2-3-7-17(14)18/h2-13H,1H3,(H,21,22). The number of carbonyl (C=O) groups excluding carboxylic acids is 1. The minimum Gasteiger partial charge on any atom is -0.480 e. The minimum atomic E-state index is -0.593. The topological polar surface area (TPSA) is 38.3 Å². The zero-order valence-electron chi connectivity index (χ0n) is 12.6. The molecule has 1 amide bonds.